The summed E-state index contributed by atoms with van der Waals surface area (Å²) in [6.07, 6.45) is 3.48. The zero-order valence-corrected chi connectivity index (χ0v) is 12.7. The Kier molecular flexibility index (Phi) is 5.94. The van der Waals surface area contributed by atoms with Crippen LogP contribution in [0, 0.1) is 5.92 Å². The number of nitrogens with two attached hydrogens (primary N) is 1. The molecule has 1 aromatic rings. The summed E-state index contributed by atoms with van der Waals surface area (Å²) in [6, 6.07) is 0.278. The van der Waals surface area contributed by atoms with Gasteiger partial charge in [0, 0.05) is 20.2 Å². The highest BCUT2D eigenvalue weighted by Crippen LogP contribution is 2.28. The molecule has 1 aliphatic carbocycles. The number of ether oxygens (including phenoxy) is 2. The maximum absolute atomic E-state index is 5.62. The minimum atomic E-state index is 0.278. The van der Waals surface area contributed by atoms with Gasteiger partial charge in [-0.25, -0.2) is 5.84 Å². The number of hydrogen-bond donors (Lipinski definition) is 2. The lowest BCUT2D eigenvalue weighted by molar-refractivity contribution is 0.130. The van der Waals surface area contributed by atoms with E-state index in [9.17, 15) is 0 Å². The van der Waals surface area contributed by atoms with E-state index < -0.39 is 0 Å². The second kappa shape index (κ2) is 7.94. The van der Waals surface area contributed by atoms with Crippen molar-refractivity contribution < 1.29 is 9.47 Å². The van der Waals surface area contributed by atoms with E-state index in [4.69, 9.17) is 15.3 Å². The van der Waals surface area contributed by atoms with E-state index in [-0.39, 0.29) is 12.0 Å². The van der Waals surface area contributed by atoms with E-state index in [1.807, 2.05) is 18.9 Å². The van der Waals surface area contributed by atoms with Crippen LogP contribution in [0.4, 0.5) is 11.9 Å². The molecule has 1 aromatic heterocycles. The SMILES string of the molecule is CCCOc1nc(NN)nc(N(C)CCOCC2CC2)n1. The number of aromatic nitrogens is 3. The first-order chi connectivity index (χ1) is 10.2. The normalized spacial score (nSPS) is 14.0. The molecule has 1 aliphatic rings. The molecule has 1 heterocycles. The van der Waals surface area contributed by atoms with E-state index in [1.165, 1.54) is 12.8 Å². The molecule has 0 aromatic carbocycles. The standard InChI is InChI=1S/C13H24N6O2/c1-3-7-21-13-16-11(18-14)15-12(17-13)19(2)6-8-20-9-10-4-5-10/h10H,3-9,14H2,1-2H3,(H,15,16,17,18). The molecule has 3 N–H and O–H groups in total. The highest BCUT2D eigenvalue weighted by Gasteiger charge is 2.21. The highest BCUT2D eigenvalue weighted by molar-refractivity contribution is 5.36. The van der Waals surface area contributed by atoms with Gasteiger partial charge in [-0.1, -0.05) is 6.92 Å². The molecule has 0 spiro atoms. The van der Waals surface area contributed by atoms with Crippen LogP contribution in [0.1, 0.15) is 26.2 Å². The molecule has 2 rings (SSSR count). The molecular formula is C13H24N6O2. The van der Waals surface area contributed by atoms with Crippen LogP contribution in [0.15, 0.2) is 0 Å². The van der Waals surface area contributed by atoms with E-state index in [0.29, 0.717) is 25.7 Å². The third-order valence-corrected chi connectivity index (χ3v) is 3.13. The van der Waals surface area contributed by atoms with Crippen molar-refractivity contribution in [1.82, 2.24) is 15.0 Å². The fourth-order valence-electron chi connectivity index (χ4n) is 1.68. The van der Waals surface area contributed by atoms with Crippen LogP contribution in [-0.2, 0) is 4.74 Å². The van der Waals surface area contributed by atoms with Crippen molar-refractivity contribution in [1.29, 1.82) is 0 Å². The van der Waals surface area contributed by atoms with Crippen LogP contribution in [0.2, 0.25) is 0 Å². The summed E-state index contributed by atoms with van der Waals surface area (Å²) in [6.45, 7) is 4.78. The van der Waals surface area contributed by atoms with Gasteiger partial charge >= 0.3 is 6.01 Å². The zero-order valence-electron chi connectivity index (χ0n) is 12.7. The number of nitrogen functional groups attached to an aromatic ring is 1. The lowest BCUT2D eigenvalue weighted by atomic mass is 10.5. The molecular weight excluding hydrogens is 272 g/mol. The summed E-state index contributed by atoms with van der Waals surface area (Å²) in [7, 11) is 1.90. The summed E-state index contributed by atoms with van der Waals surface area (Å²) in [4.78, 5) is 14.5. The summed E-state index contributed by atoms with van der Waals surface area (Å²) >= 11 is 0. The molecule has 0 amide bonds. The first kappa shape index (κ1) is 15.7. The second-order valence-corrected chi connectivity index (χ2v) is 5.17. The predicted molar refractivity (Wildman–Crippen MR) is 80.2 cm³/mol. The predicted octanol–water partition coefficient (Wildman–Crippen LogP) is 0.809. The minimum Gasteiger partial charge on any atom is -0.463 e. The Morgan fingerprint density at radius 2 is 2.10 bits per heavy atom. The first-order valence-electron chi connectivity index (χ1n) is 7.37. The van der Waals surface area contributed by atoms with Crippen molar-refractivity contribution in [3.8, 4) is 6.01 Å². The minimum absolute atomic E-state index is 0.278. The number of nitrogens with one attached hydrogen (secondary N) is 1. The highest BCUT2D eigenvalue weighted by atomic mass is 16.5. The Labute approximate surface area is 125 Å². The summed E-state index contributed by atoms with van der Waals surface area (Å²) in [5, 5.41) is 0. The number of hydrazine groups is 1. The van der Waals surface area contributed by atoms with Crippen molar-refractivity contribution in [2.45, 2.75) is 26.2 Å². The van der Waals surface area contributed by atoms with Crippen LogP contribution in [0.5, 0.6) is 6.01 Å². The number of anilines is 2. The summed E-state index contributed by atoms with van der Waals surface area (Å²) in [5.74, 6) is 6.95. The molecule has 0 atom stereocenters. The average Bonchev–Trinajstić information content (AvgIpc) is 3.33. The van der Waals surface area contributed by atoms with Gasteiger partial charge in [-0.15, -0.1) is 0 Å². The lowest BCUT2D eigenvalue weighted by Crippen LogP contribution is -2.26. The lowest BCUT2D eigenvalue weighted by Gasteiger charge is -2.18. The van der Waals surface area contributed by atoms with Crippen LogP contribution >= 0.6 is 0 Å². The molecule has 8 heteroatoms. The van der Waals surface area contributed by atoms with E-state index in [2.05, 4.69) is 20.4 Å². The van der Waals surface area contributed by atoms with Gasteiger partial charge in [0.1, 0.15) is 0 Å². The number of likely N-dealkylation sites (N-methyl/N-ethyl adjacent to an activating group) is 1. The van der Waals surface area contributed by atoms with Crippen molar-refractivity contribution in [3.63, 3.8) is 0 Å². The van der Waals surface area contributed by atoms with Gasteiger partial charge in [0.05, 0.1) is 13.2 Å². The van der Waals surface area contributed by atoms with Gasteiger partial charge in [-0.2, -0.15) is 15.0 Å². The van der Waals surface area contributed by atoms with E-state index in [0.717, 1.165) is 18.9 Å². The Balaban J connectivity index is 1.88. The van der Waals surface area contributed by atoms with E-state index >= 15 is 0 Å². The maximum Gasteiger partial charge on any atom is 0.323 e. The second-order valence-electron chi connectivity index (χ2n) is 5.17. The topological polar surface area (TPSA) is 98.4 Å². The Morgan fingerprint density at radius 3 is 2.76 bits per heavy atom. The van der Waals surface area contributed by atoms with Crippen molar-refractivity contribution >= 4 is 11.9 Å². The summed E-state index contributed by atoms with van der Waals surface area (Å²) < 4.78 is 11.1. The Hall–Kier alpha value is -1.67. The zero-order chi connectivity index (χ0) is 15.1. The third kappa shape index (κ3) is 5.31. The largest absolute Gasteiger partial charge is 0.463 e. The van der Waals surface area contributed by atoms with Gasteiger partial charge in [0.25, 0.3) is 0 Å². The number of hydrogen-bond acceptors (Lipinski definition) is 8. The Bertz CT molecular complexity index is 441. The monoisotopic (exact) mass is 296 g/mol. The molecule has 0 unspecified atom stereocenters. The van der Waals surface area contributed by atoms with Crippen LogP contribution < -0.4 is 20.9 Å². The molecule has 118 valence electrons. The van der Waals surface area contributed by atoms with Gasteiger partial charge in [0.15, 0.2) is 0 Å². The fourth-order valence-corrected chi connectivity index (χ4v) is 1.68. The maximum atomic E-state index is 5.62. The molecule has 1 fully saturated rings. The van der Waals surface area contributed by atoms with Crippen molar-refractivity contribution in [3.05, 3.63) is 0 Å². The van der Waals surface area contributed by atoms with Crippen LogP contribution in [-0.4, -0.2) is 48.4 Å². The molecule has 0 radical (unpaired) electrons. The van der Waals surface area contributed by atoms with Gasteiger partial charge in [0.2, 0.25) is 11.9 Å². The number of rotatable bonds is 10. The fraction of sp³-hybridized carbons (Fsp3) is 0.769. The van der Waals surface area contributed by atoms with Crippen molar-refractivity contribution in [2.24, 2.45) is 11.8 Å². The summed E-state index contributed by atoms with van der Waals surface area (Å²) in [5.41, 5.74) is 2.43. The third-order valence-electron chi connectivity index (χ3n) is 3.13. The molecule has 1 saturated carbocycles. The first-order valence-corrected chi connectivity index (χ1v) is 7.37. The molecule has 0 saturated heterocycles. The molecule has 0 bridgehead atoms. The molecule has 0 aliphatic heterocycles. The smallest absolute Gasteiger partial charge is 0.323 e. The van der Waals surface area contributed by atoms with E-state index in [1.54, 1.807) is 0 Å². The van der Waals surface area contributed by atoms with Crippen LogP contribution in [0.25, 0.3) is 0 Å². The molecule has 8 nitrogen and oxygen atoms in total. The number of nitrogens with zero attached hydrogens (tertiary/aromatic N) is 4. The quantitative estimate of drug-likeness (QED) is 0.372. The van der Waals surface area contributed by atoms with Gasteiger partial charge < -0.3 is 14.4 Å². The van der Waals surface area contributed by atoms with Gasteiger partial charge in [-0.3, -0.25) is 5.43 Å². The average molecular weight is 296 g/mol. The van der Waals surface area contributed by atoms with Crippen LogP contribution in [0.3, 0.4) is 0 Å². The van der Waals surface area contributed by atoms with Gasteiger partial charge in [-0.05, 0) is 25.2 Å². The van der Waals surface area contributed by atoms with Crippen molar-refractivity contribution in [2.75, 3.05) is 43.7 Å². The molecule has 21 heavy (non-hydrogen) atoms. The Morgan fingerprint density at radius 1 is 1.29 bits per heavy atom.